The fraction of sp³-hybridized carbons (Fsp3) is 0.203. The lowest BCUT2D eigenvalue weighted by Crippen LogP contribution is -2.51. The van der Waals surface area contributed by atoms with Crippen molar-refractivity contribution in [3.63, 3.8) is 0 Å². The highest BCUT2D eigenvalue weighted by molar-refractivity contribution is 6.18. The molecule has 0 bridgehead atoms. The van der Waals surface area contributed by atoms with Crippen LogP contribution in [0.2, 0.25) is 0 Å². The molecule has 69 heavy (non-hydrogen) atoms. The molecule has 3 aliphatic heterocycles. The maximum atomic E-state index is 5.84. The molecule has 336 valence electrons. The van der Waals surface area contributed by atoms with Crippen LogP contribution in [0, 0.1) is 23.2 Å². The Labute approximate surface area is 404 Å². The van der Waals surface area contributed by atoms with E-state index in [1.807, 2.05) is 0 Å². The Balaban J connectivity index is 0.875. The van der Waals surface area contributed by atoms with Crippen molar-refractivity contribution in [2.75, 3.05) is 15.1 Å². The number of anilines is 3. The number of fused-ring (bicyclic) bond motifs is 11. The van der Waals surface area contributed by atoms with Crippen molar-refractivity contribution < 1.29 is 0 Å². The molecule has 5 aliphatic carbocycles. The van der Waals surface area contributed by atoms with Gasteiger partial charge in [0.25, 0.3) is 0 Å². The quantitative estimate of drug-likeness (QED) is 0.187. The third kappa shape index (κ3) is 5.74. The zero-order valence-corrected chi connectivity index (χ0v) is 39.5. The standard InChI is InChI=1S/C64H55N5/c1-41-37-57-49(46-23-12-14-27-54(46)67(57)44-19-7-5-8-20-44)39-48(41)42-30-32-55-52(38-42)63(3)35-18-16-28-58(63)68(55)61-65-53-26-13-11-24-47(53)60(66-61)43-29-31-51-59-50-25-15-17-34-62(50,2)36-33-56(59)69(64(51,4)40-43)45-21-9-6-10-22-45/h5-41,48,50-51,58,61,65H,1-4H3. The van der Waals surface area contributed by atoms with Crippen LogP contribution in [0.4, 0.5) is 17.1 Å². The average molecular weight is 894 g/mol. The van der Waals surface area contributed by atoms with Gasteiger partial charge in [-0.1, -0.05) is 178 Å². The minimum atomic E-state index is -0.368. The molecule has 9 atom stereocenters. The number of hydrogen-bond acceptors (Lipinski definition) is 4. The number of para-hydroxylation sites is 4. The Morgan fingerprint density at radius 2 is 1.42 bits per heavy atom. The van der Waals surface area contributed by atoms with Crippen LogP contribution >= 0.6 is 0 Å². The minimum absolute atomic E-state index is 0.0612. The van der Waals surface area contributed by atoms with Gasteiger partial charge in [0.2, 0.25) is 0 Å². The normalized spacial score (nSPS) is 30.6. The topological polar surface area (TPSA) is 35.8 Å². The second-order valence-corrected chi connectivity index (χ2v) is 21.0. The highest BCUT2D eigenvalue weighted by atomic mass is 15.4. The molecule has 5 aromatic carbocycles. The molecule has 0 spiro atoms. The molecule has 14 rings (SSSR count). The monoisotopic (exact) mass is 893 g/mol. The molecule has 0 saturated heterocycles. The van der Waals surface area contributed by atoms with Crippen molar-refractivity contribution >= 4 is 45.8 Å². The van der Waals surface area contributed by atoms with Crippen molar-refractivity contribution in [3.05, 3.63) is 250 Å². The predicted molar refractivity (Wildman–Crippen MR) is 286 cm³/mol. The van der Waals surface area contributed by atoms with Gasteiger partial charge in [-0.15, -0.1) is 0 Å². The maximum Gasteiger partial charge on any atom is 0.197 e. The fourth-order valence-electron chi connectivity index (χ4n) is 13.6. The SMILES string of the molecule is CC1C=c2c(c3ccccc3n2-c2ccccc2)=CC1c1ccc2c(c1)C1(C)C=CC=CC1N2C1N=C(C2=CC3(C)C(C=C2)C2=C(C=CC4(C)C=CC=CC24)N3c2ccccc2)c2ccccc2N1. The zero-order chi connectivity index (χ0) is 46.2. The Morgan fingerprint density at radius 3 is 2.28 bits per heavy atom. The molecule has 0 fully saturated rings. The van der Waals surface area contributed by atoms with Crippen molar-refractivity contribution in [3.8, 4) is 5.69 Å². The smallest absolute Gasteiger partial charge is 0.197 e. The Morgan fingerprint density at radius 1 is 0.667 bits per heavy atom. The number of allylic oxidation sites excluding steroid dienone is 10. The highest BCUT2D eigenvalue weighted by Gasteiger charge is 2.55. The summed E-state index contributed by atoms with van der Waals surface area (Å²) >= 11 is 0. The number of benzene rings is 5. The van der Waals surface area contributed by atoms with Gasteiger partial charge in [0.05, 0.1) is 28.2 Å². The van der Waals surface area contributed by atoms with Crippen molar-refractivity contribution in [1.82, 2.24) is 4.57 Å². The number of hydrogen-bond donors (Lipinski definition) is 1. The lowest BCUT2D eigenvalue weighted by atomic mass is 9.63. The molecule has 8 aliphatic rings. The van der Waals surface area contributed by atoms with Crippen LogP contribution in [-0.2, 0) is 5.41 Å². The van der Waals surface area contributed by atoms with E-state index in [4.69, 9.17) is 4.99 Å². The Bertz CT molecular complexity index is 3590. The summed E-state index contributed by atoms with van der Waals surface area (Å²) in [7, 11) is 0. The lowest BCUT2D eigenvalue weighted by molar-refractivity contribution is 0.390. The van der Waals surface area contributed by atoms with E-state index in [1.165, 1.54) is 60.9 Å². The molecular weight excluding hydrogens is 839 g/mol. The first-order valence-corrected chi connectivity index (χ1v) is 24.9. The van der Waals surface area contributed by atoms with Crippen LogP contribution in [0.5, 0.6) is 0 Å². The van der Waals surface area contributed by atoms with E-state index in [0.29, 0.717) is 5.92 Å². The van der Waals surface area contributed by atoms with Gasteiger partial charge >= 0.3 is 0 Å². The van der Waals surface area contributed by atoms with Gasteiger partial charge in [0.15, 0.2) is 6.29 Å². The molecule has 5 nitrogen and oxygen atoms in total. The molecule has 0 saturated carbocycles. The number of nitrogens with one attached hydrogen (secondary N) is 1. The largest absolute Gasteiger partial charge is 0.346 e. The molecule has 9 unspecified atom stereocenters. The van der Waals surface area contributed by atoms with Crippen molar-refractivity contribution in [2.24, 2.45) is 28.2 Å². The maximum absolute atomic E-state index is 5.84. The summed E-state index contributed by atoms with van der Waals surface area (Å²) < 4.78 is 2.44. The van der Waals surface area contributed by atoms with Gasteiger partial charge in [-0.3, -0.25) is 0 Å². The van der Waals surface area contributed by atoms with E-state index in [2.05, 4.69) is 266 Å². The second-order valence-electron chi connectivity index (χ2n) is 21.0. The van der Waals surface area contributed by atoms with Crippen molar-refractivity contribution in [1.29, 1.82) is 0 Å². The van der Waals surface area contributed by atoms with Gasteiger partial charge in [-0.05, 0) is 96.7 Å². The minimum Gasteiger partial charge on any atom is -0.346 e. The second kappa shape index (κ2) is 14.7. The van der Waals surface area contributed by atoms with Gasteiger partial charge in [0, 0.05) is 73.2 Å². The fourth-order valence-corrected chi connectivity index (χ4v) is 13.6. The van der Waals surface area contributed by atoms with E-state index in [0.717, 1.165) is 22.5 Å². The molecular formula is C64H55N5. The molecule has 0 radical (unpaired) electrons. The Hall–Kier alpha value is -7.63. The van der Waals surface area contributed by atoms with Crippen LogP contribution in [0.3, 0.4) is 0 Å². The van der Waals surface area contributed by atoms with E-state index in [9.17, 15) is 0 Å². The molecule has 4 heterocycles. The van der Waals surface area contributed by atoms with Crippen LogP contribution in [-0.4, -0.2) is 28.1 Å². The van der Waals surface area contributed by atoms with E-state index < -0.39 is 0 Å². The molecule has 0 amide bonds. The third-order valence-electron chi connectivity index (χ3n) is 17.0. The number of aliphatic imine (C=N–C) groups is 1. The number of nitrogens with zero attached hydrogens (tertiary/aromatic N) is 4. The average Bonchev–Trinajstić information content (AvgIpc) is 3.95. The van der Waals surface area contributed by atoms with Crippen LogP contribution in [0.15, 0.2) is 228 Å². The molecule has 6 aromatic rings. The van der Waals surface area contributed by atoms with Gasteiger partial charge in [-0.2, -0.15) is 0 Å². The zero-order valence-electron chi connectivity index (χ0n) is 39.5. The van der Waals surface area contributed by atoms with Crippen LogP contribution in [0.1, 0.15) is 50.3 Å². The number of rotatable bonds is 5. The summed E-state index contributed by atoms with van der Waals surface area (Å²) in [5.41, 5.74) is 14.1. The summed E-state index contributed by atoms with van der Waals surface area (Å²) in [6, 6.07) is 46.8. The lowest BCUT2D eigenvalue weighted by Gasteiger charge is -2.43. The Kier molecular flexibility index (Phi) is 8.61. The molecule has 5 heteroatoms. The first-order valence-electron chi connectivity index (χ1n) is 24.9. The van der Waals surface area contributed by atoms with Gasteiger partial charge in [0.1, 0.15) is 0 Å². The summed E-state index contributed by atoms with van der Waals surface area (Å²) in [4.78, 5) is 11.0. The van der Waals surface area contributed by atoms with E-state index in [-0.39, 0.29) is 46.5 Å². The van der Waals surface area contributed by atoms with Crippen LogP contribution < -0.4 is 25.7 Å². The summed E-state index contributed by atoms with van der Waals surface area (Å²) in [5.74, 6) is 0.978. The first-order chi connectivity index (χ1) is 33.7. The first kappa shape index (κ1) is 40.4. The summed E-state index contributed by atoms with van der Waals surface area (Å²) in [6.45, 7) is 9.62. The summed E-state index contributed by atoms with van der Waals surface area (Å²) in [5, 5.41) is 7.87. The van der Waals surface area contributed by atoms with Gasteiger partial charge in [-0.25, -0.2) is 4.99 Å². The van der Waals surface area contributed by atoms with E-state index >= 15 is 0 Å². The molecule has 1 aromatic heterocycles. The van der Waals surface area contributed by atoms with E-state index in [1.54, 1.807) is 0 Å². The number of aromatic nitrogens is 1. The van der Waals surface area contributed by atoms with Crippen LogP contribution in [0.25, 0.3) is 28.7 Å². The predicted octanol–water partition coefficient (Wildman–Crippen LogP) is 12.4. The highest BCUT2D eigenvalue weighted by Crippen LogP contribution is 2.58. The van der Waals surface area contributed by atoms with Crippen molar-refractivity contribution in [2.45, 2.75) is 56.9 Å². The van der Waals surface area contributed by atoms with Gasteiger partial charge < -0.3 is 19.7 Å². The summed E-state index contributed by atoms with van der Waals surface area (Å²) in [6.07, 6.45) is 35.5. The molecule has 1 N–H and O–H groups in total. The third-order valence-corrected chi connectivity index (χ3v) is 17.0.